The van der Waals surface area contributed by atoms with Gasteiger partial charge in [-0.3, -0.25) is 0 Å². The van der Waals surface area contributed by atoms with Crippen molar-refractivity contribution in [1.82, 2.24) is 0 Å². The Hall–Kier alpha value is 0.347. The molecule has 0 saturated carbocycles. The van der Waals surface area contributed by atoms with Gasteiger partial charge in [-0.15, -0.1) is 0 Å². The van der Waals surface area contributed by atoms with E-state index in [0.717, 1.165) is 0 Å². The van der Waals surface area contributed by atoms with Crippen LogP contribution in [-0.2, 0) is 13.3 Å². The van der Waals surface area contributed by atoms with Crippen LogP contribution in [0.5, 0.6) is 0 Å². The van der Waals surface area contributed by atoms with Gasteiger partial charge in [0.2, 0.25) is 0 Å². The van der Waals surface area contributed by atoms with Gasteiger partial charge in [0.1, 0.15) is 0 Å². The van der Waals surface area contributed by atoms with Crippen LogP contribution in [0.15, 0.2) is 0 Å². The van der Waals surface area contributed by atoms with Crippen LogP contribution in [0.25, 0.3) is 0 Å². The van der Waals surface area contributed by atoms with E-state index in [1.54, 1.807) is 6.92 Å². The van der Waals surface area contributed by atoms with Gasteiger partial charge in [0.05, 0.1) is 0 Å². The van der Waals surface area contributed by atoms with Crippen LogP contribution >= 0.6 is 11.1 Å². The first-order chi connectivity index (χ1) is 5.10. The molecular weight excluding hydrogens is 188 g/mol. The Kier molecular flexibility index (Phi) is 10.7. The average molecular weight is 203 g/mol. The molecule has 0 fully saturated rings. The number of aliphatic hydroxyl groups is 1. The van der Waals surface area contributed by atoms with E-state index >= 15 is 0 Å². The van der Waals surface area contributed by atoms with E-state index in [4.69, 9.17) is 29.5 Å². The van der Waals surface area contributed by atoms with Crippen LogP contribution in [0.3, 0.4) is 0 Å². The summed E-state index contributed by atoms with van der Waals surface area (Å²) in [5, 5.41) is 7.57. The van der Waals surface area contributed by atoms with E-state index < -0.39 is 8.11 Å². The fourth-order valence-electron chi connectivity index (χ4n) is 0.250. The topological polar surface area (TPSA) is 47.9 Å². The summed E-state index contributed by atoms with van der Waals surface area (Å²) in [7, 11) is 1.65. The number of hydrogen-bond donors (Lipinski definition) is 1. The van der Waals surface area contributed by atoms with Crippen molar-refractivity contribution >= 4 is 19.2 Å². The Morgan fingerprint density at radius 1 is 1.18 bits per heavy atom. The summed E-state index contributed by atoms with van der Waals surface area (Å²) in [6.07, 6.45) is 0. The molecule has 0 aliphatic heterocycles. The van der Waals surface area contributed by atoms with Gasteiger partial charge in [-0.1, -0.05) is 11.1 Å². The van der Waals surface area contributed by atoms with Crippen molar-refractivity contribution in [2.45, 2.75) is 6.92 Å². The van der Waals surface area contributed by atoms with Gasteiger partial charge < -0.3 is 18.4 Å². The average Bonchev–Trinajstić information content (AvgIpc) is 2.05. The molecule has 0 unspecified atom stereocenters. The maximum Gasteiger partial charge on any atom is 0.612 e. The highest BCUT2D eigenvalue weighted by Crippen LogP contribution is 2.09. The molecule has 0 spiro atoms. The molecule has 0 saturated heterocycles. The first kappa shape index (κ1) is 13.9. The Bertz CT molecular complexity index is 70.6. The minimum Gasteiger partial charge on any atom is -0.397 e. The molecule has 0 aliphatic carbocycles. The molecule has 4 nitrogen and oxygen atoms in total. The standard InChI is InChI=1S/C3H9ClO3Si.C2H6O/c1-5-8(4,6-2)7-3;1-2-3/h1-3H3;3H,2H2,1H3. The van der Waals surface area contributed by atoms with Crippen molar-refractivity contribution in [3.05, 3.63) is 0 Å². The summed E-state index contributed by atoms with van der Waals surface area (Å²) in [4.78, 5) is 0. The summed E-state index contributed by atoms with van der Waals surface area (Å²) in [5.41, 5.74) is 0. The Morgan fingerprint density at radius 2 is 1.36 bits per heavy atom. The van der Waals surface area contributed by atoms with Gasteiger partial charge in [-0.2, -0.15) is 0 Å². The van der Waals surface area contributed by atoms with Gasteiger partial charge in [0, 0.05) is 27.9 Å². The molecule has 0 rings (SSSR count). The van der Waals surface area contributed by atoms with Crippen molar-refractivity contribution in [3.8, 4) is 0 Å². The lowest BCUT2D eigenvalue weighted by molar-refractivity contribution is 0.150. The fourth-order valence-corrected chi connectivity index (χ4v) is 0.750. The SMILES string of the molecule is CCO.CO[Si](Cl)(OC)OC. The third-order valence-corrected chi connectivity index (χ3v) is 3.58. The van der Waals surface area contributed by atoms with Crippen LogP contribution in [0.1, 0.15) is 6.92 Å². The Morgan fingerprint density at radius 3 is 1.36 bits per heavy atom. The first-order valence-electron chi connectivity index (χ1n) is 3.05. The highest BCUT2D eigenvalue weighted by molar-refractivity contribution is 7.09. The second-order valence-electron chi connectivity index (χ2n) is 1.41. The molecule has 0 aromatic heterocycles. The molecule has 0 aromatic carbocycles. The highest BCUT2D eigenvalue weighted by Gasteiger charge is 2.35. The Balaban J connectivity index is 0. The van der Waals surface area contributed by atoms with Crippen LogP contribution in [0.2, 0.25) is 0 Å². The van der Waals surface area contributed by atoms with Gasteiger partial charge in [-0.25, -0.2) is 0 Å². The lowest BCUT2D eigenvalue weighted by atomic mass is 10.9. The van der Waals surface area contributed by atoms with Crippen LogP contribution < -0.4 is 0 Å². The predicted molar refractivity (Wildman–Crippen MR) is 45.4 cm³/mol. The van der Waals surface area contributed by atoms with Crippen molar-refractivity contribution < 1.29 is 18.4 Å². The van der Waals surface area contributed by atoms with Crippen LogP contribution in [-0.4, -0.2) is 41.2 Å². The third-order valence-electron chi connectivity index (χ3n) is 0.731. The second kappa shape index (κ2) is 8.44. The van der Waals surface area contributed by atoms with Gasteiger partial charge in [0.15, 0.2) is 0 Å². The minimum absolute atomic E-state index is 0.250. The number of hydrogen-bond acceptors (Lipinski definition) is 4. The molecule has 0 heterocycles. The lowest BCUT2D eigenvalue weighted by Gasteiger charge is -2.14. The van der Waals surface area contributed by atoms with Gasteiger partial charge >= 0.3 is 8.11 Å². The molecule has 0 radical (unpaired) electrons. The molecule has 6 heteroatoms. The summed E-state index contributed by atoms with van der Waals surface area (Å²) < 4.78 is 14.1. The largest absolute Gasteiger partial charge is 0.612 e. The van der Waals surface area contributed by atoms with Crippen molar-refractivity contribution in [2.24, 2.45) is 0 Å². The molecule has 0 aromatic rings. The fraction of sp³-hybridized carbons (Fsp3) is 1.00. The van der Waals surface area contributed by atoms with E-state index in [0.29, 0.717) is 0 Å². The van der Waals surface area contributed by atoms with Crippen molar-refractivity contribution in [3.63, 3.8) is 0 Å². The maximum atomic E-state index is 7.57. The predicted octanol–water partition coefficient (Wildman–Crippen LogP) is 0.599. The minimum atomic E-state index is -2.70. The van der Waals surface area contributed by atoms with E-state index in [1.807, 2.05) is 0 Å². The first-order valence-corrected chi connectivity index (χ1v) is 5.79. The number of aliphatic hydroxyl groups excluding tert-OH is 1. The quantitative estimate of drug-likeness (QED) is 0.538. The molecule has 0 aliphatic rings. The second-order valence-corrected chi connectivity index (χ2v) is 4.99. The summed E-state index contributed by atoms with van der Waals surface area (Å²) in [5.74, 6) is 0. The zero-order valence-corrected chi connectivity index (χ0v) is 9.01. The summed E-state index contributed by atoms with van der Waals surface area (Å²) >= 11 is 5.56. The summed E-state index contributed by atoms with van der Waals surface area (Å²) in [6.45, 7) is 1.93. The Labute approximate surface area is 73.1 Å². The van der Waals surface area contributed by atoms with Crippen molar-refractivity contribution in [1.29, 1.82) is 0 Å². The van der Waals surface area contributed by atoms with Gasteiger partial charge in [0.25, 0.3) is 0 Å². The lowest BCUT2D eigenvalue weighted by Crippen LogP contribution is -2.35. The van der Waals surface area contributed by atoms with E-state index in [2.05, 4.69) is 0 Å². The molecule has 0 amide bonds. The monoisotopic (exact) mass is 202 g/mol. The smallest absolute Gasteiger partial charge is 0.397 e. The molecule has 11 heavy (non-hydrogen) atoms. The molecule has 0 bridgehead atoms. The zero-order chi connectivity index (χ0) is 9.33. The normalized spacial score (nSPS) is 10.4. The van der Waals surface area contributed by atoms with E-state index in [9.17, 15) is 0 Å². The molecule has 1 N–H and O–H groups in total. The van der Waals surface area contributed by atoms with E-state index in [-0.39, 0.29) is 6.61 Å². The molecule has 70 valence electrons. The van der Waals surface area contributed by atoms with E-state index in [1.165, 1.54) is 21.3 Å². The third kappa shape index (κ3) is 8.25. The number of halogens is 1. The highest BCUT2D eigenvalue weighted by atomic mass is 35.6. The van der Waals surface area contributed by atoms with Crippen molar-refractivity contribution in [2.75, 3.05) is 27.9 Å². The zero-order valence-electron chi connectivity index (χ0n) is 7.26. The van der Waals surface area contributed by atoms with Gasteiger partial charge in [-0.05, 0) is 6.92 Å². The number of rotatable bonds is 3. The van der Waals surface area contributed by atoms with Crippen LogP contribution in [0.4, 0.5) is 0 Å². The maximum absolute atomic E-state index is 7.57. The molecular formula is C5H15ClO4Si. The summed E-state index contributed by atoms with van der Waals surface area (Å²) in [6, 6.07) is 0. The molecule has 0 atom stereocenters. The van der Waals surface area contributed by atoms with Crippen LogP contribution in [0, 0.1) is 0 Å².